The first-order valence-electron chi connectivity index (χ1n) is 7.91. The zero-order valence-corrected chi connectivity index (χ0v) is 15.0. The van der Waals surface area contributed by atoms with Gasteiger partial charge in [-0.3, -0.25) is 4.79 Å². The fourth-order valence-electron chi connectivity index (χ4n) is 2.57. The average Bonchev–Trinajstić information content (AvgIpc) is 2.60. The second-order valence-corrected chi connectivity index (χ2v) is 7.40. The molecular formula is C17H21NO6S. The molecule has 0 saturated heterocycles. The van der Waals surface area contributed by atoms with Gasteiger partial charge in [-0.1, -0.05) is 18.2 Å². The molecule has 0 bridgehead atoms. The Bertz CT molecular complexity index is 767. The Labute approximate surface area is 147 Å². The van der Waals surface area contributed by atoms with E-state index in [-0.39, 0.29) is 18.1 Å². The van der Waals surface area contributed by atoms with Crippen molar-refractivity contribution in [1.29, 1.82) is 0 Å². The number of carbonyl (C=O) groups excluding carboxylic acids is 2. The highest BCUT2D eigenvalue weighted by atomic mass is 32.2. The third kappa shape index (κ3) is 5.06. The SMILES string of the molecule is CNC(=O)OCc1ccc(OS(=O)(=O)C2CCCC=C2C(C)=O)cc1. The van der Waals surface area contributed by atoms with Gasteiger partial charge in [0.15, 0.2) is 5.78 Å². The number of ketones is 1. The fourth-order valence-corrected chi connectivity index (χ4v) is 4.10. The molecule has 7 nitrogen and oxygen atoms in total. The largest absolute Gasteiger partial charge is 0.445 e. The van der Waals surface area contributed by atoms with Gasteiger partial charge in [0.25, 0.3) is 0 Å². The lowest BCUT2D eigenvalue weighted by Crippen LogP contribution is -2.32. The summed E-state index contributed by atoms with van der Waals surface area (Å²) in [5.41, 5.74) is 0.984. The number of nitrogens with one attached hydrogen (secondary N) is 1. The smallest absolute Gasteiger partial charge is 0.407 e. The summed E-state index contributed by atoms with van der Waals surface area (Å²) >= 11 is 0. The standard InChI is InChI=1S/C17H21NO6S/c1-12(19)15-5-3-4-6-16(15)25(21,22)24-14-9-7-13(8-10-14)11-23-17(20)18-2/h5,7-10,16H,3-4,6,11H2,1-2H3,(H,18,20). The summed E-state index contributed by atoms with van der Waals surface area (Å²) in [4.78, 5) is 22.7. The quantitative estimate of drug-likeness (QED) is 0.775. The summed E-state index contributed by atoms with van der Waals surface area (Å²) in [5.74, 6) is -0.101. The number of allylic oxidation sites excluding steroid dienone is 1. The molecule has 1 unspecified atom stereocenters. The van der Waals surface area contributed by atoms with Crippen molar-refractivity contribution in [1.82, 2.24) is 5.32 Å². The third-order valence-electron chi connectivity index (χ3n) is 3.85. The van der Waals surface area contributed by atoms with Gasteiger partial charge in [0.05, 0.1) is 0 Å². The maximum atomic E-state index is 12.5. The molecule has 1 amide bonds. The van der Waals surface area contributed by atoms with E-state index in [0.29, 0.717) is 30.4 Å². The molecule has 1 aromatic rings. The summed E-state index contributed by atoms with van der Waals surface area (Å²) < 4.78 is 35.1. The Morgan fingerprint density at radius 3 is 2.52 bits per heavy atom. The molecule has 0 aromatic heterocycles. The molecule has 1 aromatic carbocycles. The molecule has 0 spiro atoms. The second kappa shape index (κ2) is 8.15. The van der Waals surface area contributed by atoms with Crippen LogP contribution in [0.4, 0.5) is 4.79 Å². The van der Waals surface area contributed by atoms with E-state index in [9.17, 15) is 18.0 Å². The molecule has 136 valence electrons. The van der Waals surface area contributed by atoms with Gasteiger partial charge >= 0.3 is 16.2 Å². The number of carbonyl (C=O) groups is 2. The molecule has 0 aliphatic heterocycles. The zero-order chi connectivity index (χ0) is 18.4. The van der Waals surface area contributed by atoms with E-state index in [2.05, 4.69) is 5.32 Å². The van der Waals surface area contributed by atoms with E-state index in [4.69, 9.17) is 8.92 Å². The van der Waals surface area contributed by atoms with Crippen molar-refractivity contribution in [3.8, 4) is 5.75 Å². The van der Waals surface area contributed by atoms with E-state index in [1.807, 2.05) is 0 Å². The van der Waals surface area contributed by atoms with Crippen LogP contribution in [0.5, 0.6) is 5.75 Å². The van der Waals surface area contributed by atoms with Crippen LogP contribution in [0.2, 0.25) is 0 Å². The Morgan fingerprint density at radius 2 is 1.92 bits per heavy atom. The average molecular weight is 367 g/mol. The van der Waals surface area contributed by atoms with Gasteiger partial charge in [0.2, 0.25) is 0 Å². The van der Waals surface area contributed by atoms with Crippen LogP contribution >= 0.6 is 0 Å². The van der Waals surface area contributed by atoms with E-state index in [1.165, 1.54) is 26.1 Å². The van der Waals surface area contributed by atoms with Crippen LogP contribution in [-0.2, 0) is 26.3 Å². The molecule has 1 atom stereocenters. The van der Waals surface area contributed by atoms with Crippen molar-refractivity contribution in [2.45, 2.75) is 38.0 Å². The van der Waals surface area contributed by atoms with Crippen LogP contribution in [0.1, 0.15) is 31.7 Å². The summed E-state index contributed by atoms with van der Waals surface area (Å²) in [6.45, 7) is 1.42. The number of ether oxygens (including phenoxy) is 1. The first-order chi connectivity index (χ1) is 11.8. The fraction of sp³-hybridized carbons (Fsp3) is 0.412. The van der Waals surface area contributed by atoms with Crippen LogP contribution in [0.3, 0.4) is 0 Å². The molecule has 1 aliphatic carbocycles. The monoisotopic (exact) mass is 367 g/mol. The van der Waals surface area contributed by atoms with Crippen molar-refractivity contribution in [2.75, 3.05) is 7.05 Å². The molecule has 0 heterocycles. The molecule has 1 aliphatic rings. The van der Waals surface area contributed by atoms with Crippen molar-refractivity contribution in [2.24, 2.45) is 0 Å². The molecule has 2 rings (SSSR count). The lowest BCUT2D eigenvalue weighted by atomic mass is 9.96. The van der Waals surface area contributed by atoms with Gasteiger partial charge in [-0.25, -0.2) is 4.79 Å². The molecule has 0 fully saturated rings. The summed E-state index contributed by atoms with van der Waals surface area (Å²) in [5, 5.41) is 1.39. The highest BCUT2D eigenvalue weighted by Crippen LogP contribution is 2.28. The number of hydrogen-bond donors (Lipinski definition) is 1. The van der Waals surface area contributed by atoms with Gasteiger partial charge < -0.3 is 14.2 Å². The predicted octanol–water partition coefficient (Wildman–Crippen LogP) is 2.32. The second-order valence-electron chi connectivity index (χ2n) is 5.68. The van der Waals surface area contributed by atoms with Crippen molar-refractivity contribution in [3.05, 3.63) is 41.5 Å². The molecule has 8 heteroatoms. The van der Waals surface area contributed by atoms with Crippen LogP contribution in [0.15, 0.2) is 35.9 Å². The minimum absolute atomic E-state index is 0.0621. The molecule has 0 saturated carbocycles. The highest BCUT2D eigenvalue weighted by molar-refractivity contribution is 7.88. The Hall–Kier alpha value is -2.35. The predicted molar refractivity (Wildman–Crippen MR) is 91.6 cm³/mol. The number of hydrogen-bond acceptors (Lipinski definition) is 6. The number of benzene rings is 1. The van der Waals surface area contributed by atoms with E-state index in [1.54, 1.807) is 18.2 Å². The third-order valence-corrected chi connectivity index (χ3v) is 5.46. The minimum Gasteiger partial charge on any atom is -0.445 e. The number of Topliss-reactive ketones (excluding diaryl/α,β-unsaturated/α-hetero) is 1. The van der Waals surface area contributed by atoms with E-state index in [0.717, 1.165) is 0 Å². The summed E-state index contributed by atoms with van der Waals surface area (Å²) in [7, 11) is -2.50. The molecule has 0 radical (unpaired) electrons. The number of amides is 1. The normalized spacial score (nSPS) is 17.4. The highest BCUT2D eigenvalue weighted by Gasteiger charge is 2.34. The zero-order valence-electron chi connectivity index (χ0n) is 14.2. The number of rotatable bonds is 6. The van der Waals surface area contributed by atoms with Gasteiger partial charge in [0, 0.05) is 12.6 Å². The van der Waals surface area contributed by atoms with Gasteiger partial charge in [-0.2, -0.15) is 8.42 Å². The van der Waals surface area contributed by atoms with Crippen molar-refractivity contribution < 1.29 is 26.9 Å². The van der Waals surface area contributed by atoms with E-state index >= 15 is 0 Å². The lowest BCUT2D eigenvalue weighted by Gasteiger charge is -2.22. The van der Waals surface area contributed by atoms with Crippen LogP contribution in [0, 0.1) is 0 Å². The van der Waals surface area contributed by atoms with Crippen molar-refractivity contribution >= 4 is 22.0 Å². The van der Waals surface area contributed by atoms with Crippen LogP contribution < -0.4 is 9.50 Å². The topological polar surface area (TPSA) is 98.8 Å². The maximum Gasteiger partial charge on any atom is 0.407 e. The maximum absolute atomic E-state index is 12.5. The molecule has 1 N–H and O–H groups in total. The summed E-state index contributed by atoms with van der Waals surface area (Å²) in [6, 6.07) is 6.19. The van der Waals surface area contributed by atoms with Gasteiger partial charge in [-0.05, 0) is 43.9 Å². The Balaban J connectivity index is 2.07. The summed E-state index contributed by atoms with van der Waals surface area (Å²) in [6.07, 6.45) is 2.88. The van der Waals surface area contributed by atoms with Gasteiger partial charge in [-0.15, -0.1) is 0 Å². The Kier molecular flexibility index (Phi) is 6.19. The minimum atomic E-state index is -3.96. The molecule has 25 heavy (non-hydrogen) atoms. The molecular weight excluding hydrogens is 346 g/mol. The van der Waals surface area contributed by atoms with Crippen LogP contribution in [-0.4, -0.2) is 32.6 Å². The van der Waals surface area contributed by atoms with Crippen molar-refractivity contribution in [3.63, 3.8) is 0 Å². The Morgan fingerprint density at radius 1 is 1.24 bits per heavy atom. The van der Waals surface area contributed by atoms with E-state index < -0.39 is 21.5 Å². The first kappa shape index (κ1) is 19.0. The van der Waals surface area contributed by atoms with Gasteiger partial charge in [0.1, 0.15) is 17.6 Å². The number of alkyl carbamates (subject to hydrolysis) is 1. The lowest BCUT2D eigenvalue weighted by molar-refractivity contribution is -0.113. The first-order valence-corrected chi connectivity index (χ1v) is 9.38. The van der Waals surface area contributed by atoms with Crippen LogP contribution in [0.25, 0.3) is 0 Å².